The standard InChI is InChI=1S/C18H17ClFN3O7S/c1-11-5-6-16(15(7-11)23(26)27)31(28,29)22-8-17(24)21-9-18(25)30-10-12-13(19)3-2-4-14(12)20/h2-7,22H,8-10H2,1H3,(H,21,24). The van der Waals surface area contributed by atoms with Gasteiger partial charge in [-0.05, 0) is 30.7 Å². The van der Waals surface area contributed by atoms with Crippen molar-refractivity contribution in [2.75, 3.05) is 13.1 Å². The minimum Gasteiger partial charge on any atom is -0.459 e. The van der Waals surface area contributed by atoms with Crippen molar-refractivity contribution < 1.29 is 32.1 Å². The van der Waals surface area contributed by atoms with Gasteiger partial charge >= 0.3 is 5.97 Å². The van der Waals surface area contributed by atoms with Gasteiger partial charge in [-0.15, -0.1) is 0 Å². The first-order valence-corrected chi connectivity index (χ1v) is 10.5. The molecule has 0 fully saturated rings. The zero-order chi connectivity index (χ0) is 23.2. The van der Waals surface area contributed by atoms with E-state index in [2.05, 4.69) is 5.32 Å². The summed E-state index contributed by atoms with van der Waals surface area (Å²) in [5.74, 6) is -2.46. The highest BCUT2D eigenvalue weighted by molar-refractivity contribution is 7.89. The summed E-state index contributed by atoms with van der Waals surface area (Å²) in [6.45, 7) is -0.287. The van der Waals surface area contributed by atoms with Gasteiger partial charge in [0.05, 0.1) is 16.5 Å². The van der Waals surface area contributed by atoms with Gasteiger partial charge in [0.2, 0.25) is 15.9 Å². The normalized spacial score (nSPS) is 11.1. The van der Waals surface area contributed by atoms with E-state index in [1.807, 2.05) is 4.72 Å². The van der Waals surface area contributed by atoms with E-state index in [1.54, 1.807) is 6.92 Å². The summed E-state index contributed by atoms with van der Waals surface area (Å²) in [5, 5.41) is 13.3. The Labute approximate surface area is 181 Å². The number of amides is 1. The van der Waals surface area contributed by atoms with Gasteiger partial charge in [0.25, 0.3) is 5.69 Å². The number of carbonyl (C=O) groups is 2. The lowest BCUT2D eigenvalue weighted by Gasteiger charge is -2.10. The van der Waals surface area contributed by atoms with E-state index in [0.29, 0.717) is 5.56 Å². The number of rotatable bonds is 9. The van der Waals surface area contributed by atoms with Crippen LogP contribution in [0.15, 0.2) is 41.3 Å². The number of ether oxygens (including phenoxy) is 1. The second kappa shape index (κ2) is 10.3. The Balaban J connectivity index is 1.88. The number of sulfonamides is 1. The molecule has 13 heteroatoms. The molecule has 166 valence electrons. The topological polar surface area (TPSA) is 145 Å². The quantitative estimate of drug-likeness (QED) is 0.321. The molecule has 0 heterocycles. The Morgan fingerprint density at radius 1 is 1.23 bits per heavy atom. The van der Waals surface area contributed by atoms with Crippen molar-refractivity contribution in [3.05, 3.63) is 68.5 Å². The fourth-order valence-corrected chi connectivity index (χ4v) is 3.69. The van der Waals surface area contributed by atoms with Crippen LogP contribution in [0.2, 0.25) is 5.02 Å². The number of halogens is 2. The molecule has 2 rings (SSSR count). The molecule has 0 saturated carbocycles. The van der Waals surface area contributed by atoms with Crippen molar-refractivity contribution in [3.8, 4) is 0 Å². The maximum absolute atomic E-state index is 13.6. The molecular weight excluding hydrogens is 457 g/mol. The SMILES string of the molecule is Cc1ccc(S(=O)(=O)NCC(=O)NCC(=O)OCc2c(F)cccc2Cl)c([N+](=O)[O-])c1. The second-order valence-electron chi connectivity index (χ2n) is 6.19. The molecule has 31 heavy (non-hydrogen) atoms. The summed E-state index contributed by atoms with van der Waals surface area (Å²) in [4.78, 5) is 33.2. The van der Waals surface area contributed by atoms with Crippen LogP contribution in [0, 0.1) is 22.9 Å². The van der Waals surface area contributed by atoms with Crippen LogP contribution < -0.4 is 10.0 Å². The highest BCUT2D eigenvalue weighted by atomic mass is 35.5. The van der Waals surface area contributed by atoms with Crippen LogP contribution in [0.3, 0.4) is 0 Å². The predicted octanol–water partition coefficient (Wildman–Crippen LogP) is 1.83. The maximum Gasteiger partial charge on any atom is 0.325 e. The van der Waals surface area contributed by atoms with E-state index in [-0.39, 0.29) is 10.6 Å². The largest absolute Gasteiger partial charge is 0.459 e. The molecular formula is C18H17ClFN3O7S. The smallest absolute Gasteiger partial charge is 0.325 e. The van der Waals surface area contributed by atoms with Gasteiger partial charge in [-0.1, -0.05) is 23.7 Å². The molecule has 0 atom stereocenters. The average molecular weight is 474 g/mol. The third-order valence-corrected chi connectivity index (χ3v) is 5.70. The third-order valence-electron chi connectivity index (χ3n) is 3.89. The highest BCUT2D eigenvalue weighted by Gasteiger charge is 2.26. The molecule has 0 radical (unpaired) electrons. The summed E-state index contributed by atoms with van der Waals surface area (Å²) >= 11 is 5.81. The van der Waals surface area contributed by atoms with Gasteiger partial charge in [0.15, 0.2) is 4.90 Å². The minimum atomic E-state index is -4.37. The molecule has 0 aromatic heterocycles. The maximum atomic E-state index is 13.6. The number of nitro groups is 1. The van der Waals surface area contributed by atoms with Gasteiger partial charge in [-0.2, -0.15) is 0 Å². The third kappa shape index (κ3) is 6.70. The van der Waals surface area contributed by atoms with Crippen molar-refractivity contribution >= 4 is 39.2 Å². The van der Waals surface area contributed by atoms with Crippen molar-refractivity contribution in [1.29, 1.82) is 0 Å². The number of nitrogens with zero attached hydrogens (tertiary/aromatic N) is 1. The summed E-state index contributed by atoms with van der Waals surface area (Å²) in [5.41, 5.74) is -0.182. The molecule has 0 bridgehead atoms. The number of nitro benzene ring substituents is 1. The molecule has 0 aliphatic heterocycles. The lowest BCUT2D eigenvalue weighted by Crippen LogP contribution is -2.39. The number of nitrogens with one attached hydrogen (secondary N) is 2. The van der Waals surface area contributed by atoms with Crippen LogP contribution in [0.25, 0.3) is 0 Å². The van der Waals surface area contributed by atoms with Gasteiger partial charge in [-0.25, -0.2) is 17.5 Å². The number of aryl methyl sites for hydroxylation is 1. The molecule has 2 aromatic rings. The van der Waals surface area contributed by atoms with Gasteiger partial charge in [0.1, 0.15) is 19.0 Å². The van der Waals surface area contributed by atoms with E-state index < -0.39 is 62.9 Å². The molecule has 0 spiro atoms. The van der Waals surface area contributed by atoms with E-state index in [4.69, 9.17) is 16.3 Å². The van der Waals surface area contributed by atoms with Crippen LogP contribution in [-0.2, 0) is 31.0 Å². The summed E-state index contributed by atoms with van der Waals surface area (Å²) in [7, 11) is -4.37. The Bertz CT molecular complexity index is 1100. The molecule has 0 unspecified atom stereocenters. The lowest BCUT2D eigenvalue weighted by molar-refractivity contribution is -0.387. The number of esters is 1. The highest BCUT2D eigenvalue weighted by Crippen LogP contribution is 2.24. The zero-order valence-electron chi connectivity index (χ0n) is 16.1. The van der Waals surface area contributed by atoms with E-state index in [0.717, 1.165) is 18.2 Å². The number of carbonyl (C=O) groups excluding carboxylic acids is 2. The molecule has 0 saturated heterocycles. The van der Waals surface area contributed by atoms with Crippen molar-refractivity contribution in [3.63, 3.8) is 0 Å². The zero-order valence-corrected chi connectivity index (χ0v) is 17.6. The molecule has 10 nitrogen and oxygen atoms in total. The van der Waals surface area contributed by atoms with E-state index in [9.17, 15) is 32.5 Å². The fraction of sp³-hybridized carbons (Fsp3) is 0.222. The van der Waals surface area contributed by atoms with Crippen molar-refractivity contribution in [2.24, 2.45) is 0 Å². The molecule has 0 aliphatic rings. The Hall–Kier alpha value is -3.09. The van der Waals surface area contributed by atoms with Gasteiger partial charge in [0, 0.05) is 11.6 Å². The molecule has 1 amide bonds. The number of hydrogen-bond acceptors (Lipinski definition) is 7. The van der Waals surface area contributed by atoms with Crippen LogP contribution in [0.4, 0.5) is 10.1 Å². The number of benzene rings is 2. The molecule has 2 N–H and O–H groups in total. The van der Waals surface area contributed by atoms with Gasteiger partial charge in [-0.3, -0.25) is 19.7 Å². The lowest BCUT2D eigenvalue weighted by atomic mass is 10.2. The summed E-state index contributed by atoms with van der Waals surface area (Å²) in [6.07, 6.45) is 0. The average Bonchev–Trinajstić information content (AvgIpc) is 2.70. The van der Waals surface area contributed by atoms with Crippen molar-refractivity contribution in [2.45, 2.75) is 18.4 Å². The Kier molecular flexibility index (Phi) is 8.02. The Morgan fingerprint density at radius 2 is 1.94 bits per heavy atom. The first-order valence-electron chi connectivity index (χ1n) is 8.61. The first-order chi connectivity index (χ1) is 14.5. The van der Waals surface area contributed by atoms with Crippen LogP contribution in [0.5, 0.6) is 0 Å². The van der Waals surface area contributed by atoms with Crippen LogP contribution in [0.1, 0.15) is 11.1 Å². The molecule has 0 aliphatic carbocycles. The van der Waals surface area contributed by atoms with Crippen LogP contribution in [-0.4, -0.2) is 38.3 Å². The Morgan fingerprint density at radius 3 is 2.58 bits per heavy atom. The van der Waals surface area contributed by atoms with Crippen molar-refractivity contribution in [1.82, 2.24) is 10.0 Å². The van der Waals surface area contributed by atoms with Gasteiger partial charge < -0.3 is 10.1 Å². The monoisotopic (exact) mass is 473 g/mol. The summed E-state index contributed by atoms with van der Waals surface area (Å²) < 4.78 is 45.0. The minimum absolute atomic E-state index is 0.0312. The second-order valence-corrected chi connectivity index (χ2v) is 8.33. The fourth-order valence-electron chi connectivity index (χ4n) is 2.34. The number of hydrogen-bond donors (Lipinski definition) is 2. The predicted molar refractivity (Wildman–Crippen MR) is 107 cm³/mol. The molecule has 2 aromatic carbocycles. The summed E-state index contributed by atoms with van der Waals surface area (Å²) in [6, 6.07) is 7.46. The van der Waals surface area contributed by atoms with E-state index in [1.165, 1.54) is 18.2 Å². The van der Waals surface area contributed by atoms with Crippen LogP contribution >= 0.6 is 11.6 Å². The first kappa shape index (κ1) is 24.2. The van der Waals surface area contributed by atoms with E-state index >= 15 is 0 Å².